The van der Waals surface area contributed by atoms with E-state index < -0.39 is 0 Å². The summed E-state index contributed by atoms with van der Waals surface area (Å²) < 4.78 is 5.30. The molecule has 24 heavy (non-hydrogen) atoms. The second-order valence-corrected chi connectivity index (χ2v) is 6.61. The number of carbonyl (C=O) groups is 1. The number of furan rings is 1. The van der Waals surface area contributed by atoms with Crippen LogP contribution in [0.5, 0.6) is 0 Å². The van der Waals surface area contributed by atoms with Gasteiger partial charge in [0.2, 0.25) is 0 Å². The summed E-state index contributed by atoms with van der Waals surface area (Å²) in [7, 11) is 0. The minimum absolute atomic E-state index is 0.0652. The van der Waals surface area contributed by atoms with Crippen LogP contribution < -0.4 is 0 Å². The van der Waals surface area contributed by atoms with E-state index in [-0.39, 0.29) is 17.2 Å². The van der Waals surface area contributed by atoms with Gasteiger partial charge in [-0.3, -0.25) is 4.79 Å². The Morgan fingerprint density at radius 3 is 2.79 bits per heavy atom. The number of amides is 1. The summed E-state index contributed by atoms with van der Waals surface area (Å²) in [5.74, 6) is 0.259. The van der Waals surface area contributed by atoms with Gasteiger partial charge in [0.1, 0.15) is 0 Å². The number of fused-ring (bicyclic) bond motifs is 1. The Hall–Kier alpha value is -2.26. The number of likely N-dealkylation sites (tertiary alicyclic amines) is 1. The lowest BCUT2D eigenvalue weighted by atomic mass is 9.97. The molecule has 0 radical (unpaired) electrons. The predicted octanol–water partition coefficient (Wildman–Crippen LogP) is 4.93. The Morgan fingerprint density at radius 1 is 1.12 bits per heavy atom. The molecule has 1 fully saturated rings. The summed E-state index contributed by atoms with van der Waals surface area (Å²) >= 11 is 5.81. The van der Waals surface area contributed by atoms with E-state index in [0.29, 0.717) is 5.76 Å². The number of rotatable bonds is 3. The van der Waals surface area contributed by atoms with E-state index in [1.54, 1.807) is 12.1 Å². The van der Waals surface area contributed by atoms with E-state index in [0.717, 1.165) is 25.8 Å². The SMILES string of the molecule is O=C(c1ccc(Cl)o1)N1CCC[C@H]1Cc1cccc2ccccc12. The first-order valence-electron chi connectivity index (χ1n) is 8.25. The summed E-state index contributed by atoms with van der Waals surface area (Å²) in [5.41, 5.74) is 1.29. The largest absolute Gasteiger partial charge is 0.440 e. The van der Waals surface area contributed by atoms with Gasteiger partial charge in [0, 0.05) is 12.6 Å². The molecule has 2 aromatic carbocycles. The number of benzene rings is 2. The highest BCUT2D eigenvalue weighted by molar-refractivity contribution is 6.29. The molecule has 0 N–H and O–H groups in total. The first-order valence-corrected chi connectivity index (χ1v) is 8.63. The average Bonchev–Trinajstić information content (AvgIpc) is 3.24. The molecule has 0 unspecified atom stereocenters. The Bertz CT molecular complexity index is 881. The van der Waals surface area contributed by atoms with Crippen molar-refractivity contribution in [1.29, 1.82) is 0 Å². The molecule has 4 heteroatoms. The van der Waals surface area contributed by atoms with E-state index >= 15 is 0 Å². The van der Waals surface area contributed by atoms with Crippen molar-refractivity contribution in [2.45, 2.75) is 25.3 Å². The second-order valence-electron chi connectivity index (χ2n) is 6.24. The average molecular weight is 340 g/mol. The molecule has 3 nitrogen and oxygen atoms in total. The number of halogens is 1. The molecule has 2 heterocycles. The molecule has 4 rings (SSSR count). The molecule has 0 bridgehead atoms. The molecule has 1 aromatic heterocycles. The monoisotopic (exact) mass is 339 g/mol. The standard InChI is InChI=1S/C20H18ClNO2/c21-19-11-10-18(24-19)20(23)22-12-4-8-16(22)13-15-7-3-6-14-5-1-2-9-17(14)15/h1-3,5-7,9-11,16H,4,8,12-13H2/t16-/m0/s1. The molecule has 1 atom stereocenters. The highest BCUT2D eigenvalue weighted by Gasteiger charge is 2.31. The van der Waals surface area contributed by atoms with Crippen molar-refractivity contribution >= 4 is 28.3 Å². The lowest BCUT2D eigenvalue weighted by Crippen LogP contribution is -2.36. The molecule has 122 valence electrons. The Balaban J connectivity index is 1.60. The summed E-state index contributed by atoms with van der Waals surface area (Å²) in [6.45, 7) is 0.770. The molecule has 0 spiro atoms. The number of hydrogen-bond acceptors (Lipinski definition) is 2. The minimum Gasteiger partial charge on any atom is -0.440 e. The van der Waals surface area contributed by atoms with Gasteiger partial charge in [-0.2, -0.15) is 0 Å². The lowest BCUT2D eigenvalue weighted by Gasteiger charge is -2.24. The van der Waals surface area contributed by atoms with Crippen molar-refractivity contribution in [3.8, 4) is 0 Å². The fourth-order valence-electron chi connectivity index (χ4n) is 3.61. The molecule has 0 saturated carbocycles. The van der Waals surface area contributed by atoms with E-state index in [2.05, 4.69) is 42.5 Å². The van der Waals surface area contributed by atoms with Gasteiger partial charge in [-0.05, 0) is 59.3 Å². The van der Waals surface area contributed by atoms with Crippen molar-refractivity contribution in [2.24, 2.45) is 0 Å². The number of carbonyl (C=O) groups excluding carboxylic acids is 1. The fourth-order valence-corrected chi connectivity index (χ4v) is 3.76. The highest BCUT2D eigenvalue weighted by Crippen LogP contribution is 2.27. The van der Waals surface area contributed by atoms with Gasteiger partial charge in [0.25, 0.3) is 5.91 Å². The first kappa shape index (κ1) is 15.3. The van der Waals surface area contributed by atoms with Crippen LogP contribution >= 0.6 is 11.6 Å². The van der Waals surface area contributed by atoms with Crippen LogP contribution in [0.1, 0.15) is 29.0 Å². The van der Waals surface area contributed by atoms with Crippen LogP contribution in [0.2, 0.25) is 5.22 Å². The van der Waals surface area contributed by atoms with E-state index in [4.69, 9.17) is 16.0 Å². The van der Waals surface area contributed by atoms with Gasteiger partial charge < -0.3 is 9.32 Å². The van der Waals surface area contributed by atoms with Crippen molar-refractivity contribution in [1.82, 2.24) is 4.90 Å². The van der Waals surface area contributed by atoms with E-state index in [1.807, 2.05) is 4.90 Å². The lowest BCUT2D eigenvalue weighted by molar-refractivity contribution is 0.0704. The minimum atomic E-state index is -0.0652. The van der Waals surface area contributed by atoms with Gasteiger partial charge in [-0.15, -0.1) is 0 Å². The number of hydrogen-bond donors (Lipinski definition) is 0. The maximum absolute atomic E-state index is 12.7. The third kappa shape index (κ3) is 2.80. The van der Waals surface area contributed by atoms with Gasteiger partial charge in [-0.1, -0.05) is 42.5 Å². The summed E-state index contributed by atoms with van der Waals surface area (Å²) in [5, 5.41) is 2.76. The van der Waals surface area contributed by atoms with Gasteiger partial charge in [-0.25, -0.2) is 0 Å². The molecular formula is C20H18ClNO2. The van der Waals surface area contributed by atoms with Crippen molar-refractivity contribution < 1.29 is 9.21 Å². The van der Waals surface area contributed by atoms with Crippen molar-refractivity contribution in [2.75, 3.05) is 6.54 Å². The third-order valence-corrected chi connectivity index (χ3v) is 4.96. The second kappa shape index (κ2) is 6.33. The molecule has 0 aliphatic carbocycles. The quantitative estimate of drug-likeness (QED) is 0.677. The zero-order valence-corrected chi connectivity index (χ0v) is 14.0. The zero-order chi connectivity index (χ0) is 16.5. The smallest absolute Gasteiger partial charge is 0.289 e. The van der Waals surface area contributed by atoms with Crippen LogP contribution in [-0.4, -0.2) is 23.4 Å². The summed E-state index contributed by atoms with van der Waals surface area (Å²) in [6.07, 6.45) is 2.90. The van der Waals surface area contributed by atoms with Crippen LogP contribution in [-0.2, 0) is 6.42 Å². The van der Waals surface area contributed by atoms with Gasteiger partial charge in [0.05, 0.1) is 0 Å². The number of nitrogens with zero attached hydrogens (tertiary/aromatic N) is 1. The zero-order valence-electron chi connectivity index (χ0n) is 13.2. The highest BCUT2D eigenvalue weighted by atomic mass is 35.5. The maximum Gasteiger partial charge on any atom is 0.289 e. The third-order valence-electron chi connectivity index (χ3n) is 4.76. The summed E-state index contributed by atoms with van der Waals surface area (Å²) in [6, 6.07) is 18.2. The van der Waals surface area contributed by atoms with Crippen LogP contribution in [0.3, 0.4) is 0 Å². The Morgan fingerprint density at radius 2 is 1.96 bits per heavy atom. The topological polar surface area (TPSA) is 33.5 Å². The van der Waals surface area contributed by atoms with E-state index in [9.17, 15) is 4.79 Å². The van der Waals surface area contributed by atoms with Gasteiger partial charge in [0.15, 0.2) is 11.0 Å². The Labute approximate surface area is 145 Å². The molecule has 1 amide bonds. The van der Waals surface area contributed by atoms with Crippen LogP contribution in [0, 0.1) is 0 Å². The van der Waals surface area contributed by atoms with Gasteiger partial charge >= 0.3 is 0 Å². The van der Waals surface area contributed by atoms with Crippen LogP contribution in [0.15, 0.2) is 59.0 Å². The van der Waals surface area contributed by atoms with Crippen molar-refractivity contribution in [3.63, 3.8) is 0 Å². The Kier molecular flexibility index (Phi) is 4.03. The normalized spacial score (nSPS) is 17.5. The maximum atomic E-state index is 12.7. The predicted molar refractivity (Wildman–Crippen MR) is 95.4 cm³/mol. The molecule has 1 aliphatic rings. The van der Waals surface area contributed by atoms with E-state index in [1.165, 1.54) is 16.3 Å². The fraction of sp³-hybridized carbons (Fsp3) is 0.250. The molecular weight excluding hydrogens is 322 g/mol. The van der Waals surface area contributed by atoms with Crippen LogP contribution in [0.4, 0.5) is 0 Å². The first-order chi connectivity index (χ1) is 11.7. The summed E-state index contributed by atoms with van der Waals surface area (Å²) in [4.78, 5) is 14.6. The van der Waals surface area contributed by atoms with Crippen molar-refractivity contribution in [3.05, 3.63) is 71.1 Å². The molecule has 1 aliphatic heterocycles. The molecule has 3 aromatic rings. The molecule has 1 saturated heterocycles. The van der Waals surface area contributed by atoms with Crippen LogP contribution in [0.25, 0.3) is 10.8 Å².